The van der Waals surface area contributed by atoms with E-state index in [1.165, 1.54) is 0 Å². The smallest absolute Gasteiger partial charge is 0.160 e. The Morgan fingerprint density at radius 2 is 1.09 bits per heavy atom. The van der Waals surface area contributed by atoms with Crippen molar-refractivity contribution in [2.75, 3.05) is 0 Å². The summed E-state index contributed by atoms with van der Waals surface area (Å²) in [5.41, 5.74) is 0. The van der Waals surface area contributed by atoms with Crippen LogP contribution in [0.1, 0.15) is 0 Å². The highest BCUT2D eigenvalue weighted by Gasteiger charge is 2.01. The summed E-state index contributed by atoms with van der Waals surface area (Å²) >= 11 is 0. The molecule has 0 atom stereocenters. The van der Waals surface area contributed by atoms with Gasteiger partial charge in [-0.05, 0) is 0 Å². The molecular weight excluding hydrogens is 256 g/mol. The average Bonchev–Trinajstić information content (AvgIpc) is 1.55. The monoisotopic (exact) mass is 256 g/mol. The highest BCUT2D eigenvalue weighted by atomic mass is 33.8. The second-order valence-electron chi connectivity index (χ2n) is 1.02. The van der Waals surface area contributed by atoms with E-state index in [1.807, 2.05) is 0 Å². The lowest BCUT2D eigenvalue weighted by Crippen LogP contribution is -1.87. The van der Waals surface area contributed by atoms with Gasteiger partial charge in [-0.3, -0.25) is 0 Å². The van der Waals surface area contributed by atoms with Crippen molar-refractivity contribution in [3.8, 4) is 0 Å². The van der Waals surface area contributed by atoms with E-state index in [-0.39, 0.29) is 29.5 Å². The van der Waals surface area contributed by atoms with Crippen molar-refractivity contribution < 1.29 is 25.9 Å². The normalized spacial score (nSPS) is 13.3. The molecule has 0 bridgehead atoms. The molecule has 0 aliphatic carbocycles. The first-order chi connectivity index (χ1) is 4.71. The first-order valence-corrected chi connectivity index (χ1v) is 9.00. The molecule has 0 aromatic carbocycles. The predicted octanol–water partition coefficient (Wildman–Crippen LogP) is -0.0636. The fourth-order valence-corrected chi connectivity index (χ4v) is 8.27. The molecule has 0 saturated carbocycles. The maximum absolute atomic E-state index is 9.79. The minimum absolute atomic E-state index is 0.0995. The summed E-state index contributed by atoms with van der Waals surface area (Å²) < 4.78 is 58.8. The Labute approximate surface area is 73.6 Å². The Bertz CT molecular complexity index is 260. The van der Waals surface area contributed by atoms with Crippen molar-refractivity contribution in [3.05, 3.63) is 0 Å². The van der Waals surface area contributed by atoms with Crippen LogP contribution in [-0.4, -0.2) is 25.9 Å². The van der Waals surface area contributed by atoms with E-state index in [0.29, 0.717) is 0 Å². The molecule has 0 unspecified atom stereocenters. The lowest BCUT2D eigenvalue weighted by atomic mass is 15.9. The summed E-state index contributed by atoms with van der Waals surface area (Å²) in [4.78, 5) is 0. The van der Waals surface area contributed by atoms with Crippen LogP contribution in [-0.2, 0) is 18.3 Å². The van der Waals surface area contributed by atoms with Crippen molar-refractivity contribution in [1.29, 1.82) is 0 Å². The molecule has 0 aromatic rings. The highest BCUT2D eigenvalue weighted by molar-refractivity contribution is 9.33. The molecule has 11 heavy (non-hydrogen) atoms. The van der Waals surface area contributed by atoms with Gasteiger partial charge in [0.25, 0.3) is 0 Å². The molecule has 0 heterocycles. The number of hydrogen-bond donors (Lipinski definition) is 0. The molecule has 0 N–H and O–H groups in total. The zero-order chi connectivity index (χ0) is 9.12. The third kappa shape index (κ3) is 10.9. The van der Waals surface area contributed by atoms with Crippen LogP contribution in [0, 0.1) is 0 Å². The standard InChI is InChI=1S/H2O6S5/c1-10(2,3)8-7-9-11(4,5)6/h(H,1,2,3)(H,4,5,6)/p-2. The Balaban J connectivity index is 3.79. The van der Waals surface area contributed by atoms with E-state index in [2.05, 4.69) is 0 Å². The van der Waals surface area contributed by atoms with E-state index >= 15 is 0 Å². The molecule has 0 rings (SSSR count). The van der Waals surface area contributed by atoms with Crippen LogP contribution in [0.5, 0.6) is 0 Å². The van der Waals surface area contributed by atoms with Crippen molar-refractivity contribution in [2.45, 2.75) is 0 Å². The first-order valence-electron chi connectivity index (χ1n) is 1.67. The minimum Gasteiger partial charge on any atom is -0.739 e. The Morgan fingerprint density at radius 3 is 1.27 bits per heavy atom. The summed E-state index contributed by atoms with van der Waals surface area (Å²) in [7, 11) is -9.43. The van der Waals surface area contributed by atoms with Crippen LogP contribution in [0.3, 0.4) is 0 Å². The van der Waals surface area contributed by atoms with E-state index in [4.69, 9.17) is 0 Å². The second kappa shape index (κ2) is 4.20. The highest BCUT2D eigenvalue weighted by Crippen LogP contribution is 2.40. The second-order valence-corrected chi connectivity index (χ2v) is 10.4. The van der Waals surface area contributed by atoms with Gasteiger partial charge in [0, 0.05) is 29.5 Å². The molecule has 0 aliphatic rings. The van der Waals surface area contributed by atoms with Crippen molar-refractivity contribution in [1.82, 2.24) is 0 Å². The summed E-state index contributed by atoms with van der Waals surface area (Å²) in [6, 6.07) is 0. The van der Waals surface area contributed by atoms with Gasteiger partial charge < -0.3 is 9.11 Å². The largest absolute Gasteiger partial charge is 0.739 e. The van der Waals surface area contributed by atoms with Crippen molar-refractivity contribution in [3.63, 3.8) is 0 Å². The third-order valence-electron chi connectivity index (χ3n) is 0.222. The molecular formula is O6S5-2. The maximum atomic E-state index is 9.79. The van der Waals surface area contributed by atoms with Crippen LogP contribution < -0.4 is 0 Å². The zero-order valence-electron chi connectivity index (χ0n) is 4.49. The predicted molar refractivity (Wildman–Crippen MR) is 42.2 cm³/mol. The fourth-order valence-electron chi connectivity index (χ4n) is 0.0794. The number of rotatable bonds is 4. The molecule has 6 nitrogen and oxygen atoms in total. The van der Waals surface area contributed by atoms with Crippen LogP contribution in [0.15, 0.2) is 0 Å². The maximum Gasteiger partial charge on any atom is 0.160 e. The van der Waals surface area contributed by atoms with Gasteiger partial charge in [-0.1, -0.05) is 0 Å². The van der Waals surface area contributed by atoms with E-state index in [1.54, 1.807) is 0 Å². The Morgan fingerprint density at radius 1 is 0.818 bits per heavy atom. The summed E-state index contributed by atoms with van der Waals surface area (Å²) in [5, 5.41) is 0. The SMILES string of the molecule is O=S(=O)([O-])SSSS(=O)(=O)[O-]. The van der Waals surface area contributed by atoms with Crippen LogP contribution in [0.2, 0.25) is 0 Å². The zero-order valence-corrected chi connectivity index (χ0v) is 8.57. The molecule has 68 valence electrons. The molecule has 0 radical (unpaired) electrons. The van der Waals surface area contributed by atoms with Gasteiger partial charge in [0.05, 0.1) is 0 Å². The molecule has 0 spiro atoms. The molecule has 0 aromatic heterocycles. The fraction of sp³-hybridized carbons (Fsp3) is 0. The van der Waals surface area contributed by atoms with Crippen LogP contribution in [0.4, 0.5) is 0 Å². The van der Waals surface area contributed by atoms with E-state index < -0.39 is 18.3 Å². The summed E-state index contributed by atoms with van der Waals surface area (Å²) in [5.74, 6) is 0. The van der Waals surface area contributed by atoms with Gasteiger partial charge >= 0.3 is 0 Å². The van der Waals surface area contributed by atoms with E-state index in [9.17, 15) is 25.9 Å². The van der Waals surface area contributed by atoms with Crippen molar-refractivity contribution >= 4 is 47.8 Å². The van der Waals surface area contributed by atoms with E-state index in [0.717, 1.165) is 0 Å². The molecule has 0 saturated heterocycles. The molecule has 0 amide bonds. The summed E-state index contributed by atoms with van der Waals surface area (Å²) in [6.45, 7) is 0. The number of hydrogen-bond acceptors (Lipinski definition) is 9. The minimum atomic E-state index is -4.54. The third-order valence-corrected chi connectivity index (χ3v) is 9.00. The molecule has 0 fully saturated rings. The van der Waals surface area contributed by atoms with Gasteiger partial charge in [0.2, 0.25) is 0 Å². The van der Waals surface area contributed by atoms with Gasteiger partial charge in [-0.2, -0.15) is 0 Å². The van der Waals surface area contributed by atoms with Gasteiger partial charge in [0.1, 0.15) is 0 Å². The van der Waals surface area contributed by atoms with Gasteiger partial charge in [-0.25, -0.2) is 16.8 Å². The van der Waals surface area contributed by atoms with Crippen LogP contribution >= 0.6 is 29.5 Å². The molecule has 0 aliphatic heterocycles. The summed E-state index contributed by atoms with van der Waals surface area (Å²) in [6.07, 6.45) is 0. The average molecular weight is 256 g/mol. The Hall–Kier alpha value is 0.870. The van der Waals surface area contributed by atoms with Crippen molar-refractivity contribution in [2.24, 2.45) is 0 Å². The molecule has 11 heteroatoms. The quantitative estimate of drug-likeness (QED) is 0.503. The Kier molecular flexibility index (Phi) is 4.54. The van der Waals surface area contributed by atoms with Gasteiger partial charge in [0.15, 0.2) is 18.3 Å². The van der Waals surface area contributed by atoms with Gasteiger partial charge in [-0.15, -0.1) is 0 Å². The lowest BCUT2D eigenvalue weighted by Gasteiger charge is -2.05. The van der Waals surface area contributed by atoms with Crippen LogP contribution in [0.25, 0.3) is 0 Å². The topological polar surface area (TPSA) is 114 Å². The first kappa shape index (κ1) is 11.9. The lowest BCUT2D eigenvalue weighted by molar-refractivity contribution is 0.481.